The zero-order valence-electron chi connectivity index (χ0n) is 9.40. The van der Waals surface area contributed by atoms with E-state index in [2.05, 4.69) is 16.2 Å². The Labute approximate surface area is 99.6 Å². The van der Waals surface area contributed by atoms with Crippen molar-refractivity contribution < 1.29 is 9.59 Å². The Kier molecular flexibility index (Phi) is 3.72. The Bertz CT molecular complexity index is 405. The zero-order chi connectivity index (χ0) is 12.1. The normalized spacial score (nSPS) is 18.8. The summed E-state index contributed by atoms with van der Waals surface area (Å²) in [5.41, 5.74) is 6.23. The van der Waals surface area contributed by atoms with E-state index in [1.165, 1.54) is 5.56 Å². The molecule has 3 N–H and O–H groups in total. The number of rotatable bonds is 4. The fourth-order valence-electron chi connectivity index (χ4n) is 1.71. The number of hydrogen-bond donors (Lipinski definition) is 3. The van der Waals surface area contributed by atoms with Crippen LogP contribution in [-0.2, 0) is 16.0 Å². The Hall–Kier alpha value is -1.88. The molecule has 1 aliphatic rings. The molecule has 0 radical (unpaired) electrons. The second-order valence-electron chi connectivity index (χ2n) is 3.98. The standard InChI is InChI=1S/C12H15N3O2/c16-11-8-10(14-15-11)12(17)13-7-6-9-4-2-1-3-5-9/h1-5,10,14H,6-8H2,(H,13,17)(H,15,16). The van der Waals surface area contributed by atoms with E-state index in [0.29, 0.717) is 6.54 Å². The number of benzene rings is 1. The lowest BCUT2D eigenvalue weighted by atomic mass is 10.1. The molecule has 1 atom stereocenters. The quantitative estimate of drug-likeness (QED) is 0.671. The summed E-state index contributed by atoms with van der Waals surface area (Å²) in [6, 6.07) is 9.49. The van der Waals surface area contributed by atoms with Crippen LogP contribution in [0.15, 0.2) is 30.3 Å². The molecule has 2 amide bonds. The van der Waals surface area contributed by atoms with Gasteiger partial charge in [0, 0.05) is 6.54 Å². The summed E-state index contributed by atoms with van der Waals surface area (Å²) in [6.07, 6.45) is 0.998. The molecular formula is C12H15N3O2. The van der Waals surface area contributed by atoms with E-state index < -0.39 is 6.04 Å². The van der Waals surface area contributed by atoms with Crippen molar-refractivity contribution in [1.29, 1.82) is 0 Å². The molecule has 0 bridgehead atoms. The fourth-order valence-corrected chi connectivity index (χ4v) is 1.71. The van der Waals surface area contributed by atoms with E-state index in [1.54, 1.807) is 0 Å². The van der Waals surface area contributed by atoms with Crippen LogP contribution in [0.5, 0.6) is 0 Å². The van der Waals surface area contributed by atoms with Gasteiger partial charge in [0.25, 0.3) is 0 Å². The van der Waals surface area contributed by atoms with Crippen LogP contribution < -0.4 is 16.2 Å². The number of carbonyl (C=O) groups is 2. The van der Waals surface area contributed by atoms with Crippen molar-refractivity contribution in [2.45, 2.75) is 18.9 Å². The highest BCUT2D eigenvalue weighted by Crippen LogP contribution is 2.00. The number of nitrogens with one attached hydrogen (secondary N) is 3. The van der Waals surface area contributed by atoms with Gasteiger partial charge in [-0.1, -0.05) is 30.3 Å². The highest BCUT2D eigenvalue weighted by molar-refractivity contribution is 5.90. The maximum Gasteiger partial charge on any atom is 0.239 e. The molecule has 1 unspecified atom stereocenters. The second-order valence-corrected chi connectivity index (χ2v) is 3.98. The van der Waals surface area contributed by atoms with E-state index in [4.69, 9.17) is 0 Å². The van der Waals surface area contributed by atoms with E-state index >= 15 is 0 Å². The topological polar surface area (TPSA) is 70.2 Å². The summed E-state index contributed by atoms with van der Waals surface area (Å²) < 4.78 is 0. The first-order valence-corrected chi connectivity index (χ1v) is 5.62. The lowest BCUT2D eigenvalue weighted by molar-refractivity contribution is -0.124. The molecule has 0 aliphatic carbocycles. The molecule has 1 heterocycles. The Balaban J connectivity index is 1.72. The Morgan fingerprint density at radius 1 is 1.35 bits per heavy atom. The van der Waals surface area contributed by atoms with Gasteiger partial charge in [0.05, 0.1) is 6.42 Å². The maximum absolute atomic E-state index is 11.6. The molecular weight excluding hydrogens is 218 g/mol. The molecule has 2 rings (SSSR count). The van der Waals surface area contributed by atoms with Gasteiger partial charge < -0.3 is 5.32 Å². The lowest BCUT2D eigenvalue weighted by Crippen LogP contribution is -2.43. The molecule has 0 spiro atoms. The van der Waals surface area contributed by atoms with E-state index in [0.717, 1.165) is 6.42 Å². The third-order valence-corrected chi connectivity index (χ3v) is 2.65. The zero-order valence-corrected chi connectivity index (χ0v) is 9.40. The van der Waals surface area contributed by atoms with Crippen LogP contribution in [0.25, 0.3) is 0 Å². The van der Waals surface area contributed by atoms with Gasteiger partial charge in [-0.25, -0.2) is 5.43 Å². The molecule has 1 saturated heterocycles. The van der Waals surface area contributed by atoms with Crippen LogP contribution in [0.1, 0.15) is 12.0 Å². The molecule has 5 nitrogen and oxygen atoms in total. The molecule has 1 fully saturated rings. The second kappa shape index (κ2) is 5.45. The SMILES string of the molecule is O=C1CC(C(=O)NCCc2ccccc2)NN1. The highest BCUT2D eigenvalue weighted by atomic mass is 16.2. The maximum atomic E-state index is 11.6. The van der Waals surface area contributed by atoms with Gasteiger partial charge in [-0.2, -0.15) is 0 Å². The van der Waals surface area contributed by atoms with E-state index in [-0.39, 0.29) is 18.2 Å². The molecule has 90 valence electrons. The molecule has 0 saturated carbocycles. The van der Waals surface area contributed by atoms with Gasteiger partial charge in [0.2, 0.25) is 11.8 Å². The van der Waals surface area contributed by atoms with Crippen molar-refractivity contribution in [3.8, 4) is 0 Å². The van der Waals surface area contributed by atoms with E-state index in [1.807, 2.05) is 30.3 Å². The number of amides is 2. The molecule has 1 aliphatic heterocycles. The molecule has 17 heavy (non-hydrogen) atoms. The van der Waals surface area contributed by atoms with Crippen LogP contribution in [0.4, 0.5) is 0 Å². The summed E-state index contributed by atoms with van der Waals surface area (Å²) in [5.74, 6) is -0.285. The minimum atomic E-state index is -0.446. The largest absolute Gasteiger partial charge is 0.354 e. The smallest absolute Gasteiger partial charge is 0.239 e. The number of hydrogen-bond acceptors (Lipinski definition) is 3. The summed E-state index contributed by atoms with van der Waals surface area (Å²) >= 11 is 0. The van der Waals surface area contributed by atoms with Gasteiger partial charge in [-0.05, 0) is 12.0 Å². The Morgan fingerprint density at radius 2 is 2.12 bits per heavy atom. The van der Waals surface area contributed by atoms with Gasteiger partial charge >= 0.3 is 0 Å². The molecule has 1 aromatic rings. The number of hydrazine groups is 1. The van der Waals surface area contributed by atoms with Crippen LogP contribution in [-0.4, -0.2) is 24.4 Å². The summed E-state index contributed by atoms with van der Waals surface area (Å²) in [4.78, 5) is 22.5. The molecule has 5 heteroatoms. The first-order chi connectivity index (χ1) is 8.25. The summed E-state index contributed by atoms with van der Waals surface area (Å²) in [6.45, 7) is 0.579. The van der Waals surface area contributed by atoms with Gasteiger partial charge in [-0.15, -0.1) is 0 Å². The molecule has 1 aromatic carbocycles. The lowest BCUT2D eigenvalue weighted by Gasteiger charge is -2.09. The highest BCUT2D eigenvalue weighted by Gasteiger charge is 2.26. The summed E-state index contributed by atoms with van der Waals surface area (Å²) in [5, 5.41) is 2.80. The van der Waals surface area contributed by atoms with Gasteiger partial charge in [-0.3, -0.25) is 15.0 Å². The van der Waals surface area contributed by atoms with E-state index in [9.17, 15) is 9.59 Å². The Morgan fingerprint density at radius 3 is 2.76 bits per heavy atom. The average Bonchev–Trinajstić information content (AvgIpc) is 2.77. The van der Waals surface area contributed by atoms with Crippen LogP contribution in [0.3, 0.4) is 0 Å². The van der Waals surface area contributed by atoms with Crippen LogP contribution in [0, 0.1) is 0 Å². The first kappa shape index (κ1) is 11.6. The van der Waals surface area contributed by atoms with Crippen molar-refractivity contribution in [3.05, 3.63) is 35.9 Å². The van der Waals surface area contributed by atoms with Gasteiger partial charge in [0.15, 0.2) is 0 Å². The minimum absolute atomic E-state index is 0.140. The van der Waals surface area contributed by atoms with Crippen molar-refractivity contribution in [3.63, 3.8) is 0 Å². The van der Waals surface area contributed by atoms with Crippen molar-refractivity contribution >= 4 is 11.8 Å². The predicted octanol–water partition coefficient (Wildman–Crippen LogP) is -0.262. The first-order valence-electron chi connectivity index (χ1n) is 5.62. The average molecular weight is 233 g/mol. The minimum Gasteiger partial charge on any atom is -0.354 e. The summed E-state index contributed by atoms with van der Waals surface area (Å²) in [7, 11) is 0. The van der Waals surface area contributed by atoms with Crippen LogP contribution in [0.2, 0.25) is 0 Å². The van der Waals surface area contributed by atoms with Crippen LogP contribution >= 0.6 is 0 Å². The number of carbonyl (C=O) groups excluding carboxylic acids is 2. The molecule has 0 aromatic heterocycles. The van der Waals surface area contributed by atoms with Crippen molar-refractivity contribution in [2.75, 3.05) is 6.54 Å². The predicted molar refractivity (Wildman–Crippen MR) is 62.8 cm³/mol. The monoisotopic (exact) mass is 233 g/mol. The third kappa shape index (κ3) is 3.29. The fraction of sp³-hybridized carbons (Fsp3) is 0.333. The third-order valence-electron chi connectivity index (χ3n) is 2.65. The van der Waals surface area contributed by atoms with Crippen molar-refractivity contribution in [1.82, 2.24) is 16.2 Å². The van der Waals surface area contributed by atoms with Gasteiger partial charge in [0.1, 0.15) is 6.04 Å². The van der Waals surface area contributed by atoms with Crippen molar-refractivity contribution in [2.24, 2.45) is 0 Å².